The van der Waals surface area contributed by atoms with E-state index in [2.05, 4.69) is 44.4 Å². The van der Waals surface area contributed by atoms with E-state index in [1.165, 1.54) is 17.4 Å². The molecule has 0 unspecified atom stereocenters. The molecule has 36 heavy (non-hydrogen) atoms. The highest BCUT2D eigenvalue weighted by molar-refractivity contribution is 7.98. The predicted octanol–water partition coefficient (Wildman–Crippen LogP) is 1.74. The maximum absolute atomic E-state index is 12.7. The zero-order chi connectivity index (χ0) is 25.3. The maximum atomic E-state index is 12.7. The van der Waals surface area contributed by atoms with E-state index in [1.54, 1.807) is 0 Å². The summed E-state index contributed by atoms with van der Waals surface area (Å²) >= 11 is 1.51. The summed E-state index contributed by atoms with van der Waals surface area (Å²) in [7, 11) is 0. The van der Waals surface area contributed by atoms with Crippen LogP contribution < -0.4 is 15.1 Å². The van der Waals surface area contributed by atoms with Crippen LogP contribution in [0.3, 0.4) is 0 Å². The van der Waals surface area contributed by atoms with Crippen molar-refractivity contribution in [2.75, 3.05) is 100 Å². The normalized spacial score (nSPS) is 16.5. The molecule has 10 nitrogen and oxygen atoms in total. The van der Waals surface area contributed by atoms with E-state index in [0.717, 1.165) is 63.3 Å². The summed E-state index contributed by atoms with van der Waals surface area (Å²) in [5.74, 6) is 1.73. The van der Waals surface area contributed by atoms with Gasteiger partial charge in [0.05, 0.1) is 26.4 Å². The van der Waals surface area contributed by atoms with E-state index in [1.807, 2.05) is 29.0 Å². The van der Waals surface area contributed by atoms with Gasteiger partial charge in [-0.1, -0.05) is 18.7 Å². The van der Waals surface area contributed by atoms with Crippen LogP contribution in [0, 0.1) is 0 Å². The number of rotatable bonds is 10. The van der Waals surface area contributed by atoms with Gasteiger partial charge in [0.25, 0.3) is 0 Å². The third-order valence-corrected chi connectivity index (χ3v) is 7.12. The van der Waals surface area contributed by atoms with Gasteiger partial charge >= 0.3 is 0 Å². The number of nitrogens with one attached hydrogen (secondary N) is 1. The quantitative estimate of drug-likeness (QED) is 0.360. The Morgan fingerprint density at radius 1 is 1.08 bits per heavy atom. The summed E-state index contributed by atoms with van der Waals surface area (Å²) in [5, 5.41) is 13.3. The zero-order valence-electron chi connectivity index (χ0n) is 21.2. The number of hydrogen-bond acceptors (Lipinski definition) is 10. The van der Waals surface area contributed by atoms with Crippen molar-refractivity contribution in [1.82, 2.24) is 19.8 Å². The third-order valence-electron chi connectivity index (χ3n) is 6.57. The van der Waals surface area contributed by atoms with Crippen LogP contribution in [0.1, 0.15) is 6.92 Å². The largest absolute Gasteiger partial charge is 0.395 e. The Hall–Kier alpha value is -2.60. The summed E-state index contributed by atoms with van der Waals surface area (Å²) in [4.78, 5) is 30.5. The minimum Gasteiger partial charge on any atom is -0.395 e. The lowest BCUT2D eigenvalue weighted by Crippen LogP contribution is -2.51. The molecule has 0 spiro atoms. The molecule has 0 radical (unpaired) electrons. The number of hydrogen-bond donors (Lipinski definition) is 2. The number of morpholine rings is 1. The fourth-order valence-corrected chi connectivity index (χ4v) is 4.80. The highest BCUT2D eigenvalue weighted by Crippen LogP contribution is 2.25. The van der Waals surface area contributed by atoms with E-state index in [9.17, 15) is 9.90 Å². The van der Waals surface area contributed by atoms with E-state index in [-0.39, 0.29) is 12.5 Å². The Balaban J connectivity index is 1.37. The molecule has 2 fully saturated rings. The van der Waals surface area contributed by atoms with Gasteiger partial charge in [-0.25, -0.2) is 9.97 Å². The van der Waals surface area contributed by atoms with E-state index >= 15 is 0 Å². The number of aliphatic hydroxyl groups excluding tert-OH is 1. The number of nitrogens with zero attached hydrogens (tertiary/aromatic N) is 6. The summed E-state index contributed by atoms with van der Waals surface area (Å²) < 4.78 is 5.45. The van der Waals surface area contributed by atoms with Crippen LogP contribution in [0.2, 0.25) is 0 Å². The standard InChI is InChI=1S/C25H37N7O3S/c1-3-29(12-15-33)19-24(34)32-10-8-31(9-11-32)23-18-22(27-25(28-23)36-2)26-20-4-6-21(7-5-20)30-13-16-35-17-14-30/h4-7,18,33H,3,8-17,19H2,1-2H3,(H,26,27,28). The van der Waals surface area contributed by atoms with Crippen LogP contribution in [0.4, 0.5) is 23.0 Å². The molecule has 0 saturated carbocycles. The number of ether oxygens (including phenoxy) is 1. The lowest BCUT2D eigenvalue weighted by molar-refractivity contribution is -0.132. The third kappa shape index (κ3) is 7.00. The van der Waals surface area contributed by atoms with Gasteiger partial charge in [0.2, 0.25) is 5.91 Å². The highest BCUT2D eigenvalue weighted by atomic mass is 32.2. The number of aliphatic hydroxyl groups is 1. The molecule has 1 amide bonds. The Labute approximate surface area is 217 Å². The van der Waals surface area contributed by atoms with Gasteiger partial charge in [-0.05, 0) is 37.1 Å². The smallest absolute Gasteiger partial charge is 0.236 e. The summed E-state index contributed by atoms with van der Waals surface area (Å²) in [6.45, 7) is 9.79. The molecule has 0 bridgehead atoms. The molecule has 4 rings (SSSR count). The molecule has 2 aromatic rings. The fourth-order valence-electron chi connectivity index (χ4n) is 4.42. The first kappa shape index (κ1) is 26.5. The van der Waals surface area contributed by atoms with Gasteiger partial charge in [0.1, 0.15) is 11.6 Å². The lowest BCUT2D eigenvalue weighted by atomic mass is 10.2. The van der Waals surface area contributed by atoms with Crippen molar-refractivity contribution >= 4 is 40.7 Å². The van der Waals surface area contributed by atoms with Crippen molar-refractivity contribution in [3.8, 4) is 0 Å². The van der Waals surface area contributed by atoms with Crippen molar-refractivity contribution in [1.29, 1.82) is 0 Å². The Bertz CT molecular complexity index is 980. The first-order valence-electron chi connectivity index (χ1n) is 12.6. The number of anilines is 4. The first-order chi connectivity index (χ1) is 17.6. The zero-order valence-corrected chi connectivity index (χ0v) is 22.0. The van der Waals surface area contributed by atoms with Crippen molar-refractivity contribution in [2.24, 2.45) is 0 Å². The van der Waals surface area contributed by atoms with Crippen LogP contribution in [-0.4, -0.2) is 116 Å². The number of benzene rings is 1. The van der Waals surface area contributed by atoms with Gasteiger partial charge in [0, 0.05) is 63.3 Å². The Morgan fingerprint density at radius 3 is 2.44 bits per heavy atom. The summed E-state index contributed by atoms with van der Waals surface area (Å²) in [6.07, 6.45) is 1.97. The Kier molecular flexibility index (Phi) is 9.62. The average molecular weight is 516 g/mol. The topological polar surface area (TPSA) is 97.3 Å². The molecule has 196 valence electrons. The molecular formula is C25H37N7O3S. The second kappa shape index (κ2) is 13.1. The Morgan fingerprint density at radius 2 is 1.81 bits per heavy atom. The van der Waals surface area contributed by atoms with Crippen molar-refractivity contribution in [2.45, 2.75) is 12.1 Å². The molecule has 2 saturated heterocycles. The van der Waals surface area contributed by atoms with E-state index in [4.69, 9.17) is 9.72 Å². The molecule has 11 heteroatoms. The van der Waals surface area contributed by atoms with Gasteiger partial charge < -0.3 is 29.9 Å². The SMILES string of the molecule is CCN(CCO)CC(=O)N1CCN(c2cc(Nc3ccc(N4CCOCC4)cc3)nc(SC)n2)CC1. The van der Waals surface area contributed by atoms with Gasteiger partial charge in [-0.15, -0.1) is 0 Å². The van der Waals surface area contributed by atoms with Crippen LogP contribution in [0.5, 0.6) is 0 Å². The fraction of sp³-hybridized carbons (Fsp3) is 0.560. The number of carbonyl (C=O) groups excluding carboxylic acids is 1. The minimum absolute atomic E-state index is 0.0643. The number of likely N-dealkylation sites (N-methyl/N-ethyl adjacent to an activating group) is 1. The molecule has 1 aromatic heterocycles. The summed E-state index contributed by atoms with van der Waals surface area (Å²) in [6, 6.07) is 10.4. The van der Waals surface area contributed by atoms with Gasteiger partial charge in [0.15, 0.2) is 5.16 Å². The highest BCUT2D eigenvalue weighted by Gasteiger charge is 2.24. The van der Waals surface area contributed by atoms with Crippen LogP contribution >= 0.6 is 11.8 Å². The van der Waals surface area contributed by atoms with Crippen molar-refractivity contribution in [3.63, 3.8) is 0 Å². The van der Waals surface area contributed by atoms with Crippen molar-refractivity contribution < 1.29 is 14.6 Å². The average Bonchev–Trinajstić information content (AvgIpc) is 2.93. The molecule has 1 aromatic carbocycles. The van der Waals surface area contributed by atoms with Crippen molar-refractivity contribution in [3.05, 3.63) is 30.3 Å². The van der Waals surface area contributed by atoms with Gasteiger partial charge in [-0.3, -0.25) is 9.69 Å². The number of carbonyl (C=O) groups is 1. The monoisotopic (exact) mass is 515 g/mol. The molecule has 0 aliphatic carbocycles. The molecule has 3 heterocycles. The van der Waals surface area contributed by atoms with Crippen LogP contribution in [-0.2, 0) is 9.53 Å². The number of aromatic nitrogens is 2. The lowest BCUT2D eigenvalue weighted by Gasteiger charge is -2.36. The molecule has 0 atom stereocenters. The molecule has 2 aliphatic rings. The summed E-state index contributed by atoms with van der Waals surface area (Å²) in [5.41, 5.74) is 2.17. The number of amides is 1. The molecule has 2 aliphatic heterocycles. The second-order valence-electron chi connectivity index (χ2n) is 8.83. The van der Waals surface area contributed by atoms with Crippen LogP contribution in [0.15, 0.2) is 35.5 Å². The van der Waals surface area contributed by atoms with E-state index < -0.39 is 0 Å². The van der Waals surface area contributed by atoms with E-state index in [0.29, 0.717) is 31.3 Å². The maximum Gasteiger partial charge on any atom is 0.236 e. The van der Waals surface area contributed by atoms with Crippen LogP contribution in [0.25, 0.3) is 0 Å². The second-order valence-corrected chi connectivity index (χ2v) is 9.60. The minimum atomic E-state index is 0.0643. The van der Waals surface area contributed by atoms with Gasteiger partial charge in [-0.2, -0.15) is 0 Å². The molecular weight excluding hydrogens is 478 g/mol. The molecule has 2 N–H and O–H groups in total. The number of thioether (sulfide) groups is 1. The first-order valence-corrected chi connectivity index (χ1v) is 13.8. The predicted molar refractivity (Wildman–Crippen MR) is 145 cm³/mol. The number of piperazine rings is 1.